The van der Waals surface area contributed by atoms with Gasteiger partial charge in [-0.2, -0.15) is 0 Å². The first-order valence-electron chi connectivity index (χ1n) is 6.42. The molecule has 1 heterocycles. The van der Waals surface area contributed by atoms with Crippen LogP contribution in [-0.2, 0) is 9.53 Å². The third-order valence-corrected chi connectivity index (χ3v) is 4.15. The van der Waals surface area contributed by atoms with Crippen LogP contribution < -0.4 is 5.32 Å². The van der Waals surface area contributed by atoms with Gasteiger partial charge in [0.05, 0.1) is 7.11 Å². The van der Waals surface area contributed by atoms with E-state index in [1.165, 1.54) is 13.5 Å². The Morgan fingerprint density at radius 3 is 2.59 bits per heavy atom. The van der Waals surface area contributed by atoms with Gasteiger partial charge in [-0.15, -0.1) is 0 Å². The molecule has 0 radical (unpaired) electrons. The van der Waals surface area contributed by atoms with Gasteiger partial charge in [0.2, 0.25) is 0 Å². The molecule has 100 valence electrons. The molecule has 1 aliphatic heterocycles. The topological polar surface area (TPSA) is 41.6 Å². The molecule has 0 bridgehead atoms. The number of hydrogen-bond donors (Lipinski definition) is 1. The predicted octanol–water partition coefficient (Wildman–Crippen LogP) is 1.12. The summed E-state index contributed by atoms with van der Waals surface area (Å²) in [4.78, 5) is 14.1. The summed E-state index contributed by atoms with van der Waals surface area (Å²) < 4.78 is 4.87. The van der Waals surface area contributed by atoms with Crippen LogP contribution in [0.2, 0.25) is 0 Å². The Balaban J connectivity index is 2.60. The molecule has 17 heavy (non-hydrogen) atoms. The minimum Gasteiger partial charge on any atom is -0.468 e. The summed E-state index contributed by atoms with van der Waals surface area (Å²) in [6.45, 7) is 9.34. The normalized spacial score (nSPS) is 29.7. The Morgan fingerprint density at radius 2 is 2.12 bits per heavy atom. The van der Waals surface area contributed by atoms with E-state index in [1.54, 1.807) is 0 Å². The van der Waals surface area contributed by atoms with Crippen molar-refractivity contribution in [3.63, 3.8) is 0 Å². The number of methoxy groups -OCH3 is 1. The first kappa shape index (κ1) is 14.5. The van der Waals surface area contributed by atoms with Crippen molar-refractivity contribution >= 4 is 5.97 Å². The van der Waals surface area contributed by atoms with Gasteiger partial charge >= 0.3 is 5.97 Å². The van der Waals surface area contributed by atoms with Crippen LogP contribution in [0.1, 0.15) is 27.2 Å². The Morgan fingerprint density at radius 1 is 1.47 bits per heavy atom. The molecule has 0 aromatic heterocycles. The molecule has 4 heteroatoms. The van der Waals surface area contributed by atoms with E-state index in [-0.39, 0.29) is 5.97 Å². The van der Waals surface area contributed by atoms with E-state index in [0.717, 1.165) is 19.0 Å². The molecule has 1 N–H and O–H groups in total. The van der Waals surface area contributed by atoms with Crippen molar-refractivity contribution in [2.24, 2.45) is 11.8 Å². The third-order valence-electron chi connectivity index (χ3n) is 4.15. The second-order valence-electron chi connectivity index (χ2n) is 5.55. The lowest BCUT2D eigenvalue weighted by Gasteiger charge is -2.39. The summed E-state index contributed by atoms with van der Waals surface area (Å²) in [7, 11) is 3.26. The highest BCUT2D eigenvalue weighted by atomic mass is 16.5. The standard InChI is InChI=1S/C13H26N2O2/c1-10-6-7-15(8-11(10)2)9-13(3,14-4)12(16)17-5/h10-11,14H,6-9H2,1-5H3. The molecule has 4 nitrogen and oxygen atoms in total. The Hall–Kier alpha value is -0.610. The second kappa shape index (κ2) is 5.83. The third kappa shape index (κ3) is 3.42. The largest absolute Gasteiger partial charge is 0.468 e. The lowest BCUT2D eigenvalue weighted by atomic mass is 9.87. The van der Waals surface area contributed by atoms with Crippen LogP contribution in [0.4, 0.5) is 0 Å². The van der Waals surface area contributed by atoms with Gasteiger partial charge < -0.3 is 15.0 Å². The number of ether oxygens (including phenoxy) is 1. The van der Waals surface area contributed by atoms with Crippen LogP contribution in [0, 0.1) is 11.8 Å². The zero-order chi connectivity index (χ0) is 13.1. The number of hydrogen-bond acceptors (Lipinski definition) is 4. The Kier molecular flexibility index (Phi) is 4.95. The summed E-state index contributed by atoms with van der Waals surface area (Å²) >= 11 is 0. The van der Waals surface area contributed by atoms with Crippen molar-refractivity contribution in [3.05, 3.63) is 0 Å². The number of nitrogens with one attached hydrogen (secondary N) is 1. The molecule has 1 fully saturated rings. The van der Waals surface area contributed by atoms with Gasteiger partial charge in [0.1, 0.15) is 5.54 Å². The maximum Gasteiger partial charge on any atom is 0.327 e. The van der Waals surface area contributed by atoms with Gasteiger partial charge in [-0.05, 0) is 38.8 Å². The maximum atomic E-state index is 11.8. The van der Waals surface area contributed by atoms with Crippen molar-refractivity contribution in [2.45, 2.75) is 32.7 Å². The molecular weight excluding hydrogens is 216 g/mol. The minimum absolute atomic E-state index is 0.189. The number of likely N-dealkylation sites (N-methyl/N-ethyl adjacent to an activating group) is 1. The van der Waals surface area contributed by atoms with Crippen LogP contribution in [-0.4, -0.2) is 50.2 Å². The summed E-state index contributed by atoms with van der Waals surface area (Å²) in [5.41, 5.74) is -0.602. The van der Waals surface area contributed by atoms with Crippen LogP contribution in [0.3, 0.4) is 0 Å². The van der Waals surface area contributed by atoms with Crippen LogP contribution in [0.5, 0.6) is 0 Å². The second-order valence-corrected chi connectivity index (χ2v) is 5.55. The number of esters is 1. The molecule has 0 saturated carbocycles. The van der Waals surface area contributed by atoms with Crippen molar-refractivity contribution in [2.75, 3.05) is 33.8 Å². The summed E-state index contributed by atoms with van der Waals surface area (Å²) in [5, 5.41) is 3.09. The average molecular weight is 242 g/mol. The number of rotatable bonds is 4. The molecule has 0 amide bonds. The van der Waals surface area contributed by atoms with E-state index in [9.17, 15) is 4.79 Å². The molecule has 0 aromatic carbocycles. The highest BCUT2D eigenvalue weighted by Gasteiger charge is 2.36. The molecule has 1 aliphatic rings. The molecule has 0 spiro atoms. The van der Waals surface area contributed by atoms with Crippen LogP contribution in [0.15, 0.2) is 0 Å². The van der Waals surface area contributed by atoms with E-state index in [4.69, 9.17) is 4.74 Å². The van der Waals surface area contributed by atoms with Gasteiger partial charge in [0.25, 0.3) is 0 Å². The van der Waals surface area contributed by atoms with Gasteiger partial charge in [-0.3, -0.25) is 4.79 Å². The fourth-order valence-electron chi connectivity index (χ4n) is 2.41. The predicted molar refractivity (Wildman–Crippen MR) is 68.9 cm³/mol. The van der Waals surface area contributed by atoms with E-state index in [0.29, 0.717) is 12.5 Å². The zero-order valence-electron chi connectivity index (χ0n) is 11.7. The number of likely N-dealkylation sites (tertiary alicyclic amines) is 1. The lowest BCUT2D eigenvalue weighted by Crippen LogP contribution is -2.57. The van der Waals surface area contributed by atoms with Crippen molar-refractivity contribution < 1.29 is 9.53 Å². The van der Waals surface area contributed by atoms with Crippen molar-refractivity contribution in [1.82, 2.24) is 10.2 Å². The fourth-order valence-corrected chi connectivity index (χ4v) is 2.41. The smallest absolute Gasteiger partial charge is 0.327 e. The van der Waals surface area contributed by atoms with E-state index in [2.05, 4.69) is 24.1 Å². The number of carbonyl (C=O) groups excluding carboxylic acids is 1. The Bertz CT molecular complexity index is 270. The van der Waals surface area contributed by atoms with Gasteiger partial charge in [0.15, 0.2) is 0 Å². The van der Waals surface area contributed by atoms with Crippen LogP contribution in [0.25, 0.3) is 0 Å². The molecule has 1 rings (SSSR count). The van der Waals surface area contributed by atoms with E-state index < -0.39 is 5.54 Å². The number of piperidine rings is 1. The Labute approximate surface area is 105 Å². The highest BCUT2D eigenvalue weighted by molar-refractivity contribution is 5.80. The fraction of sp³-hybridized carbons (Fsp3) is 0.923. The first-order valence-corrected chi connectivity index (χ1v) is 6.42. The molecular formula is C13H26N2O2. The van der Waals surface area contributed by atoms with E-state index in [1.807, 2.05) is 14.0 Å². The summed E-state index contributed by atoms with van der Waals surface area (Å²) in [6.07, 6.45) is 1.21. The van der Waals surface area contributed by atoms with Crippen molar-refractivity contribution in [3.8, 4) is 0 Å². The lowest BCUT2D eigenvalue weighted by molar-refractivity contribution is -0.148. The highest BCUT2D eigenvalue weighted by Crippen LogP contribution is 2.23. The number of nitrogens with zero attached hydrogens (tertiary/aromatic N) is 1. The van der Waals surface area contributed by atoms with Crippen molar-refractivity contribution in [1.29, 1.82) is 0 Å². The van der Waals surface area contributed by atoms with Gasteiger partial charge in [-0.25, -0.2) is 0 Å². The zero-order valence-corrected chi connectivity index (χ0v) is 11.7. The average Bonchev–Trinajstić information content (AvgIpc) is 2.32. The monoisotopic (exact) mass is 242 g/mol. The molecule has 1 saturated heterocycles. The SMILES string of the molecule is CNC(C)(CN1CCC(C)C(C)C1)C(=O)OC. The maximum absolute atomic E-state index is 11.8. The quantitative estimate of drug-likeness (QED) is 0.750. The van der Waals surface area contributed by atoms with Crippen LogP contribution >= 0.6 is 0 Å². The molecule has 3 unspecified atom stereocenters. The van der Waals surface area contributed by atoms with Gasteiger partial charge in [-0.1, -0.05) is 13.8 Å². The molecule has 3 atom stereocenters. The van der Waals surface area contributed by atoms with Gasteiger partial charge in [0, 0.05) is 13.1 Å². The number of carbonyl (C=O) groups is 1. The summed E-state index contributed by atoms with van der Waals surface area (Å²) in [6, 6.07) is 0. The molecule has 0 aromatic rings. The summed E-state index contributed by atoms with van der Waals surface area (Å²) in [5.74, 6) is 1.29. The molecule has 0 aliphatic carbocycles. The minimum atomic E-state index is -0.602. The van der Waals surface area contributed by atoms with E-state index >= 15 is 0 Å². The first-order chi connectivity index (χ1) is 7.92.